The van der Waals surface area contributed by atoms with Crippen molar-refractivity contribution in [2.75, 3.05) is 24.5 Å². The summed E-state index contributed by atoms with van der Waals surface area (Å²) in [6, 6.07) is 19.2. The molecule has 0 aliphatic carbocycles. The van der Waals surface area contributed by atoms with Crippen molar-refractivity contribution in [2.24, 2.45) is 0 Å². The summed E-state index contributed by atoms with van der Waals surface area (Å²) >= 11 is 0. The van der Waals surface area contributed by atoms with Crippen LogP contribution in [0.15, 0.2) is 66.7 Å². The van der Waals surface area contributed by atoms with E-state index < -0.39 is 17.5 Å². The fourth-order valence-electron chi connectivity index (χ4n) is 3.61. The van der Waals surface area contributed by atoms with Gasteiger partial charge < -0.3 is 9.80 Å². The maximum Gasteiger partial charge on any atom is 0.254 e. The van der Waals surface area contributed by atoms with Gasteiger partial charge in [0.2, 0.25) is 5.91 Å². The highest BCUT2D eigenvalue weighted by molar-refractivity contribution is 6.02. The van der Waals surface area contributed by atoms with Crippen molar-refractivity contribution in [2.45, 2.75) is 0 Å². The lowest BCUT2D eigenvalue weighted by molar-refractivity contribution is -0.120. The number of hydrogen-bond acceptors (Lipinski definition) is 3. The fourth-order valence-corrected chi connectivity index (χ4v) is 3.61. The largest absolute Gasteiger partial charge is 0.328 e. The number of benzene rings is 3. The Morgan fingerprint density at radius 1 is 0.968 bits per heavy atom. The van der Waals surface area contributed by atoms with Crippen molar-refractivity contribution in [1.82, 2.24) is 4.90 Å². The third-order valence-corrected chi connectivity index (χ3v) is 5.20. The van der Waals surface area contributed by atoms with Gasteiger partial charge in [0.15, 0.2) is 0 Å². The molecule has 1 aliphatic heterocycles. The van der Waals surface area contributed by atoms with Crippen LogP contribution in [0.1, 0.15) is 15.9 Å². The highest BCUT2D eigenvalue weighted by atomic mass is 19.1. The minimum Gasteiger partial charge on any atom is -0.328 e. The molecule has 3 aromatic rings. The summed E-state index contributed by atoms with van der Waals surface area (Å²) in [6.07, 6.45) is 0. The molecular formula is C24H17F2N3O2. The number of halogens is 2. The average molecular weight is 417 g/mol. The molecule has 0 saturated carbocycles. The minimum absolute atomic E-state index is 0.000917. The summed E-state index contributed by atoms with van der Waals surface area (Å²) < 4.78 is 27.2. The van der Waals surface area contributed by atoms with E-state index in [0.717, 1.165) is 23.3 Å². The zero-order valence-electron chi connectivity index (χ0n) is 16.4. The van der Waals surface area contributed by atoms with Crippen LogP contribution in [-0.4, -0.2) is 36.3 Å². The number of amides is 2. The van der Waals surface area contributed by atoms with Gasteiger partial charge in [0, 0.05) is 24.7 Å². The monoisotopic (exact) mass is 417 g/mol. The van der Waals surface area contributed by atoms with Crippen molar-refractivity contribution >= 4 is 17.5 Å². The van der Waals surface area contributed by atoms with Crippen LogP contribution in [0.5, 0.6) is 0 Å². The molecule has 0 bridgehead atoms. The Morgan fingerprint density at radius 3 is 2.39 bits per heavy atom. The standard InChI is InChI=1S/C24H17F2N3O2/c25-19-9-10-22(21(26)13-19)29-12-11-28(15-23(29)30)24(31)17-7-5-16(6-8-17)20-4-2-1-3-18(20)14-27/h1-10,13H,11-12,15H2. The van der Waals surface area contributed by atoms with Crippen molar-refractivity contribution in [3.63, 3.8) is 0 Å². The van der Waals surface area contributed by atoms with Gasteiger partial charge in [-0.1, -0.05) is 30.3 Å². The Hall–Kier alpha value is -4.05. The van der Waals surface area contributed by atoms with Crippen LogP contribution in [0.4, 0.5) is 14.5 Å². The quantitative estimate of drug-likeness (QED) is 0.647. The molecule has 0 radical (unpaired) electrons. The van der Waals surface area contributed by atoms with Gasteiger partial charge >= 0.3 is 0 Å². The number of nitrogens with zero attached hydrogens (tertiary/aromatic N) is 3. The van der Waals surface area contributed by atoms with Crippen molar-refractivity contribution in [1.29, 1.82) is 5.26 Å². The molecule has 0 aromatic heterocycles. The van der Waals surface area contributed by atoms with Gasteiger partial charge in [-0.3, -0.25) is 9.59 Å². The normalized spacial score (nSPS) is 13.8. The Labute approximate surface area is 177 Å². The predicted molar refractivity (Wildman–Crippen MR) is 111 cm³/mol. The first kappa shape index (κ1) is 20.2. The van der Waals surface area contributed by atoms with E-state index in [9.17, 15) is 23.6 Å². The predicted octanol–water partition coefficient (Wildman–Crippen LogP) is 3.99. The summed E-state index contributed by atoms with van der Waals surface area (Å²) in [5.74, 6) is -2.29. The summed E-state index contributed by atoms with van der Waals surface area (Å²) in [6.45, 7) is 0.135. The number of carbonyl (C=O) groups is 2. The zero-order chi connectivity index (χ0) is 22.0. The van der Waals surface area contributed by atoms with Gasteiger partial charge in [-0.2, -0.15) is 5.26 Å². The second-order valence-corrected chi connectivity index (χ2v) is 7.10. The van der Waals surface area contributed by atoms with Crippen LogP contribution in [0.3, 0.4) is 0 Å². The Morgan fingerprint density at radius 2 is 1.71 bits per heavy atom. The van der Waals surface area contributed by atoms with E-state index in [-0.39, 0.29) is 31.2 Å². The fraction of sp³-hybridized carbons (Fsp3) is 0.125. The molecule has 31 heavy (non-hydrogen) atoms. The van der Waals surface area contributed by atoms with E-state index in [1.165, 1.54) is 15.9 Å². The first-order valence-corrected chi connectivity index (χ1v) is 9.62. The number of hydrogen-bond donors (Lipinski definition) is 0. The van der Waals surface area contributed by atoms with Gasteiger partial charge in [-0.15, -0.1) is 0 Å². The number of piperazine rings is 1. The van der Waals surface area contributed by atoms with E-state index in [1.54, 1.807) is 36.4 Å². The molecule has 3 aromatic carbocycles. The maximum atomic E-state index is 14.0. The zero-order valence-corrected chi connectivity index (χ0v) is 16.4. The second kappa shape index (κ2) is 8.36. The maximum absolute atomic E-state index is 14.0. The van der Waals surface area contributed by atoms with Crippen LogP contribution in [0.25, 0.3) is 11.1 Å². The molecule has 0 unspecified atom stereocenters. The second-order valence-electron chi connectivity index (χ2n) is 7.10. The minimum atomic E-state index is -0.818. The molecular weight excluding hydrogens is 400 g/mol. The van der Waals surface area contributed by atoms with E-state index in [0.29, 0.717) is 11.1 Å². The summed E-state index contributed by atoms with van der Waals surface area (Å²) in [5, 5.41) is 9.26. The smallest absolute Gasteiger partial charge is 0.254 e. The molecule has 154 valence electrons. The summed E-state index contributed by atoms with van der Waals surface area (Å²) in [5.41, 5.74) is 2.53. The van der Waals surface area contributed by atoms with Crippen LogP contribution in [0, 0.1) is 23.0 Å². The van der Waals surface area contributed by atoms with Gasteiger partial charge in [-0.05, 0) is 41.5 Å². The summed E-state index contributed by atoms with van der Waals surface area (Å²) in [7, 11) is 0. The number of rotatable bonds is 3. The van der Waals surface area contributed by atoms with Crippen molar-refractivity contribution in [3.8, 4) is 17.2 Å². The molecule has 7 heteroatoms. The molecule has 2 amide bonds. The summed E-state index contributed by atoms with van der Waals surface area (Å²) in [4.78, 5) is 28.0. The number of anilines is 1. The van der Waals surface area contributed by atoms with E-state index in [1.807, 2.05) is 12.1 Å². The lowest BCUT2D eigenvalue weighted by Crippen LogP contribution is -2.52. The molecule has 0 N–H and O–H groups in total. The number of nitriles is 1. The molecule has 0 atom stereocenters. The van der Waals surface area contributed by atoms with Crippen LogP contribution < -0.4 is 4.90 Å². The van der Waals surface area contributed by atoms with E-state index in [2.05, 4.69) is 6.07 Å². The Balaban J connectivity index is 1.48. The Kier molecular flexibility index (Phi) is 5.46. The van der Waals surface area contributed by atoms with Gasteiger partial charge in [0.05, 0.1) is 17.3 Å². The van der Waals surface area contributed by atoms with E-state index >= 15 is 0 Å². The lowest BCUT2D eigenvalue weighted by Gasteiger charge is -2.34. The molecule has 0 spiro atoms. The Bertz CT molecular complexity index is 1200. The van der Waals surface area contributed by atoms with Crippen LogP contribution >= 0.6 is 0 Å². The molecule has 4 rings (SSSR count). The van der Waals surface area contributed by atoms with Gasteiger partial charge in [-0.25, -0.2) is 8.78 Å². The molecule has 1 aliphatic rings. The number of carbonyl (C=O) groups excluding carboxylic acids is 2. The lowest BCUT2D eigenvalue weighted by atomic mass is 9.99. The van der Waals surface area contributed by atoms with Gasteiger partial charge in [0.1, 0.15) is 18.2 Å². The van der Waals surface area contributed by atoms with Gasteiger partial charge in [0.25, 0.3) is 5.91 Å². The topological polar surface area (TPSA) is 64.4 Å². The third-order valence-electron chi connectivity index (χ3n) is 5.20. The van der Waals surface area contributed by atoms with Crippen molar-refractivity contribution in [3.05, 3.63) is 89.5 Å². The SMILES string of the molecule is N#Cc1ccccc1-c1ccc(C(=O)N2CCN(c3ccc(F)cc3F)C(=O)C2)cc1. The highest BCUT2D eigenvalue weighted by Gasteiger charge is 2.30. The van der Waals surface area contributed by atoms with Crippen LogP contribution in [-0.2, 0) is 4.79 Å². The average Bonchev–Trinajstić information content (AvgIpc) is 2.79. The van der Waals surface area contributed by atoms with Crippen LogP contribution in [0.2, 0.25) is 0 Å². The van der Waals surface area contributed by atoms with E-state index in [4.69, 9.17) is 0 Å². The molecule has 5 nitrogen and oxygen atoms in total. The molecule has 1 saturated heterocycles. The molecule has 1 fully saturated rings. The molecule has 1 heterocycles. The van der Waals surface area contributed by atoms with Crippen molar-refractivity contribution < 1.29 is 18.4 Å². The first-order chi connectivity index (χ1) is 15.0. The highest BCUT2D eigenvalue weighted by Crippen LogP contribution is 2.25. The third kappa shape index (κ3) is 4.01. The first-order valence-electron chi connectivity index (χ1n) is 9.62.